The molecule has 4 rings (SSSR count). The maximum atomic E-state index is 13.5. The average Bonchev–Trinajstić information content (AvgIpc) is 3.27. The van der Waals surface area contributed by atoms with Gasteiger partial charge in [-0.1, -0.05) is 6.92 Å². The van der Waals surface area contributed by atoms with Gasteiger partial charge in [-0.15, -0.1) is 0 Å². The van der Waals surface area contributed by atoms with Crippen molar-refractivity contribution in [3.05, 3.63) is 46.2 Å². The number of aromatic nitrogens is 5. The van der Waals surface area contributed by atoms with Crippen LogP contribution in [0.3, 0.4) is 0 Å². The maximum absolute atomic E-state index is 13.5. The number of halogens is 3. The second kappa shape index (κ2) is 7.41. The van der Waals surface area contributed by atoms with Crippen LogP contribution in [-0.4, -0.2) is 48.7 Å². The number of hydrogen-bond acceptors (Lipinski definition) is 4. The highest BCUT2D eigenvalue weighted by Gasteiger charge is 2.36. The van der Waals surface area contributed by atoms with Gasteiger partial charge in [-0.05, 0) is 39.2 Å². The van der Waals surface area contributed by atoms with E-state index in [4.69, 9.17) is 0 Å². The van der Waals surface area contributed by atoms with Crippen molar-refractivity contribution in [2.75, 3.05) is 13.1 Å². The molecule has 0 saturated carbocycles. The highest BCUT2D eigenvalue weighted by Crippen LogP contribution is 2.34. The largest absolute Gasteiger partial charge is 0.433 e. The van der Waals surface area contributed by atoms with Gasteiger partial charge in [0.25, 0.3) is 5.91 Å². The summed E-state index contributed by atoms with van der Waals surface area (Å²) in [7, 11) is 0. The predicted molar refractivity (Wildman–Crippen MR) is 103 cm³/mol. The van der Waals surface area contributed by atoms with Crippen LogP contribution in [0.25, 0.3) is 5.65 Å². The normalized spacial score (nSPS) is 15.9. The fraction of sp³-hybridized carbons (Fsp3) is 0.500. The van der Waals surface area contributed by atoms with E-state index in [1.165, 1.54) is 0 Å². The minimum Gasteiger partial charge on any atom is -0.337 e. The molecule has 0 unspecified atom stereocenters. The molecule has 1 aliphatic rings. The number of alkyl halides is 3. The van der Waals surface area contributed by atoms with Gasteiger partial charge in [0.15, 0.2) is 11.3 Å². The SMILES string of the molecule is CCc1[nH]nc(C(=O)N2CCC(c3cc(C(F)(F)F)n4nc(C)cc4n3)CC2)c1C. The van der Waals surface area contributed by atoms with E-state index in [1.807, 2.05) is 13.8 Å². The Bertz CT molecular complexity index is 1090. The van der Waals surface area contributed by atoms with E-state index in [-0.39, 0.29) is 17.5 Å². The molecule has 3 aromatic rings. The number of amides is 1. The first-order valence-corrected chi connectivity index (χ1v) is 9.96. The first-order chi connectivity index (χ1) is 14.2. The first kappa shape index (κ1) is 20.4. The van der Waals surface area contributed by atoms with E-state index in [0.717, 1.165) is 28.3 Å². The zero-order valence-corrected chi connectivity index (χ0v) is 17.0. The Labute approximate surface area is 171 Å². The molecule has 0 radical (unpaired) electrons. The lowest BCUT2D eigenvalue weighted by molar-refractivity contribution is -0.142. The summed E-state index contributed by atoms with van der Waals surface area (Å²) in [5.41, 5.74) is 2.43. The Kier molecular flexibility index (Phi) is 5.03. The van der Waals surface area contributed by atoms with Crippen molar-refractivity contribution in [2.24, 2.45) is 0 Å². The van der Waals surface area contributed by atoms with Crippen LogP contribution >= 0.6 is 0 Å². The van der Waals surface area contributed by atoms with Crippen molar-refractivity contribution < 1.29 is 18.0 Å². The van der Waals surface area contributed by atoms with Crippen molar-refractivity contribution in [1.82, 2.24) is 29.7 Å². The number of hydrogen-bond donors (Lipinski definition) is 1. The Balaban J connectivity index is 1.55. The fourth-order valence-electron chi connectivity index (χ4n) is 4.03. The van der Waals surface area contributed by atoms with E-state index >= 15 is 0 Å². The van der Waals surface area contributed by atoms with Crippen LogP contribution in [0.4, 0.5) is 13.2 Å². The van der Waals surface area contributed by atoms with Crippen molar-refractivity contribution in [1.29, 1.82) is 0 Å². The minimum absolute atomic E-state index is 0.146. The van der Waals surface area contributed by atoms with Crippen LogP contribution in [0.2, 0.25) is 0 Å². The molecule has 1 fully saturated rings. The molecule has 0 bridgehead atoms. The molecule has 4 heterocycles. The van der Waals surface area contributed by atoms with Gasteiger partial charge in [0, 0.05) is 42.0 Å². The Morgan fingerprint density at radius 2 is 1.93 bits per heavy atom. The van der Waals surface area contributed by atoms with Gasteiger partial charge in [0.05, 0.1) is 5.69 Å². The highest BCUT2D eigenvalue weighted by molar-refractivity contribution is 5.94. The summed E-state index contributed by atoms with van der Waals surface area (Å²) in [5, 5.41) is 11.0. The summed E-state index contributed by atoms with van der Waals surface area (Å²) in [5.74, 6) is -0.297. The summed E-state index contributed by atoms with van der Waals surface area (Å²) in [6.45, 7) is 6.39. The molecular weight excluding hydrogens is 397 g/mol. The van der Waals surface area contributed by atoms with Gasteiger partial charge in [0.2, 0.25) is 0 Å². The molecule has 30 heavy (non-hydrogen) atoms. The minimum atomic E-state index is -4.53. The molecule has 3 aromatic heterocycles. The van der Waals surface area contributed by atoms with E-state index in [1.54, 1.807) is 17.9 Å². The predicted octanol–water partition coefficient (Wildman–Crippen LogP) is 3.67. The van der Waals surface area contributed by atoms with Gasteiger partial charge in [-0.2, -0.15) is 23.4 Å². The number of piperidine rings is 1. The zero-order valence-electron chi connectivity index (χ0n) is 17.0. The third-order valence-electron chi connectivity index (χ3n) is 5.73. The molecule has 7 nitrogen and oxygen atoms in total. The second-order valence-electron chi connectivity index (χ2n) is 7.72. The number of aryl methyl sites for hydroxylation is 2. The van der Waals surface area contributed by atoms with Crippen LogP contribution in [0.1, 0.15) is 64.5 Å². The van der Waals surface area contributed by atoms with E-state index in [9.17, 15) is 18.0 Å². The van der Waals surface area contributed by atoms with Crippen LogP contribution in [0, 0.1) is 13.8 Å². The average molecular weight is 420 g/mol. The summed E-state index contributed by atoms with van der Waals surface area (Å²) in [6.07, 6.45) is -2.68. The summed E-state index contributed by atoms with van der Waals surface area (Å²) in [4.78, 5) is 19.0. The topological polar surface area (TPSA) is 79.2 Å². The maximum Gasteiger partial charge on any atom is 0.433 e. The van der Waals surface area contributed by atoms with Crippen molar-refractivity contribution >= 4 is 11.6 Å². The van der Waals surface area contributed by atoms with Crippen LogP contribution in [-0.2, 0) is 12.6 Å². The third-order valence-corrected chi connectivity index (χ3v) is 5.73. The molecule has 1 amide bonds. The summed E-state index contributed by atoms with van der Waals surface area (Å²) >= 11 is 0. The third kappa shape index (κ3) is 3.54. The Hall–Kier alpha value is -2.91. The first-order valence-electron chi connectivity index (χ1n) is 9.96. The monoisotopic (exact) mass is 420 g/mol. The number of fused-ring (bicyclic) bond motifs is 1. The van der Waals surface area contributed by atoms with Gasteiger partial charge < -0.3 is 4.90 Å². The molecule has 0 atom stereocenters. The van der Waals surface area contributed by atoms with Gasteiger partial charge in [0.1, 0.15) is 5.69 Å². The standard InChI is InChI=1S/C20H23F3N6O/c1-4-14-12(3)18(26-25-14)19(30)28-7-5-13(6-8-28)15-10-16(20(21,22)23)29-17(24-15)9-11(2)27-29/h9-10,13H,4-8H2,1-3H3,(H,25,26). The molecule has 160 valence electrons. The lowest BCUT2D eigenvalue weighted by Gasteiger charge is -2.31. The number of carbonyl (C=O) groups is 1. The summed E-state index contributed by atoms with van der Waals surface area (Å²) < 4.78 is 41.5. The van der Waals surface area contributed by atoms with Crippen molar-refractivity contribution in [3.63, 3.8) is 0 Å². The highest BCUT2D eigenvalue weighted by atomic mass is 19.4. The van der Waals surface area contributed by atoms with Crippen molar-refractivity contribution in [3.8, 4) is 0 Å². The Morgan fingerprint density at radius 3 is 2.53 bits per heavy atom. The number of carbonyl (C=O) groups excluding carboxylic acids is 1. The molecule has 0 spiro atoms. The zero-order chi connectivity index (χ0) is 21.6. The number of H-pyrrole nitrogens is 1. The molecule has 10 heteroatoms. The van der Waals surface area contributed by atoms with Crippen molar-refractivity contribution in [2.45, 2.75) is 52.1 Å². The summed E-state index contributed by atoms with van der Waals surface area (Å²) in [6, 6.07) is 2.63. The Morgan fingerprint density at radius 1 is 1.23 bits per heavy atom. The van der Waals surface area contributed by atoms with Crippen LogP contribution in [0.5, 0.6) is 0 Å². The molecule has 1 aliphatic heterocycles. The molecule has 0 aliphatic carbocycles. The van der Waals surface area contributed by atoms with E-state index in [2.05, 4.69) is 20.3 Å². The quantitative estimate of drug-likeness (QED) is 0.701. The van der Waals surface area contributed by atoms with Gasteiger partial charge >= 0.3 is 6.18 Å². The van der Waals surface area contributed by atoms with E-state index < -0.39 is 11.9 Å². The van der Waals surface area contributed by atoms with Gasteiger partial charge in [-0.25, -0.2) is 9.50 Å². The molecule has 0 aromatic carbocycles. The number of nitrogens with one attached hydrogen (secondary N) is 1. The number of nitrogens with zero attached hydrogens (tertiary/aromatic N) is 5. The number of rotatable bonds is 3. The molecule has 1 N–H and O–H groups in total. The number of aromatic amines is 1. The molecule has 1 saturated heterocycles. The molecular formula is C20H23F3N6O. The second-order valence-corrected chi connectivity index (χ2v) is 7.72. The van der Waals surface area contributed by atoms with Crippen LogP contribution in [0.15, 0.2) is 12.1 Å². The lowest BCUT2D eigenvalue weighted by atomic mass is 9.92. The van der Waals surface area contributed by atoms with E-state index in [0.29, 0.717) is 43.0 Å². The number of likely N-dealkylation sites (tertiary alicyclic amines) is 1. The van der Waals surface area contributed by atoms with Gasteiger partial charge in [-0.3, -0.25) is 9.89 Å². The van der Waals surface area contributed by atoms with Crippen LogP contribution < -0.4 is 0 Å². The smallest absolute Gasteiger partial charge is 0.337 e. The fourth-order valence-corrected chi connectivity index (χ4v) is 4.03. The lowest BCUT2D eigenvalue weighted by Crippen LogP contribution is -2.38.